The van der Waals surface area contributed by atoms with Gasteiger partial charge in [-0.25, -0.2) is 4.39 Å². The monoisotopic (exact) mass is 280 g/mol. The molecular weight excluding hydrogens is 255 g/mol. The lowest BCUT2D eigenvalue weighted by Gasteiger charge is -2.48. The third kappa shape index (κ3) is 2.18. The summed E-state index contributed by atoms with van der Waals surface area (Å²) in [5, 5.41) is 0. The molecule has 0 aromatic rings. The van der Waals surface area contributed by atoms with Gasteiger partial charge in [0.2, 0.25) is 0 Å². The van der Waals surface area contributed by atoms with Crippen LogP contribution in [0.2, 0.25) is 0 Å². The summed E-state index contributed by atoms with van der Waals surface area (Å²) >= 11 is 0. The van der Waals surface area contributed by atoms with Gasteiger partial charge in [0, 0.05) is 25.2 Å². The lowest BCUT2D eigenvalue weighted by atomic mass is 9.79. The predicted molar refractivity (Wildman–Crippen MR) is 77.2 cm³/mol. The van der Waals surface area contributed by atoms with Gasteiger partial charge in [0.05, 0.1) is 0 Å². The van der Waals surface area contributed by atoms with Crippen LogP contribution in [0.3, 0.4) is 0 Å². The van der Waals surface area contributed by atoms with E-state index in [1.165, 1.54) is 6.42 Å². The van der Waals surface area contributed by atoms with Crippen molar-refractivity contribution in [3.8, 4) is 0 Å². The van der Waals surface area contributed by atoms with Crippen molar-refractivity contribution in [3.63, 3.8) is 0 Å². The maximum atomic E-state index is 14.4. The van der Waals surface area contributed by atoms with Crippen LogP contribution in [0.1, 0.15) is 44.9 Å². The molecule has 1 amide bonds. The van der Waals surface area contributed by atoms with Crippen molar-refractivity contribution >= 4 is 5.91 Å². The van der Waals surface area contributed by atoms with Gasteiger partial charge in [-0.15, -0.1) is 6.58 Å². The highest BCUT2D eigenvalue weighted by Gasteiger charge is 2.51. The summed E-state index contributed by atoms with van der Waals surface area (Å²) in [6.45, 7) is 7.24. The first-order valence-corrected chi connectivity index (χ1v) is 7.94. The van der Waals surface area contributed by atoms with Crippen molar-refractivity contribution < 1.29 is 9.18 Å². The van der Waals surface area contributed by atoms with Crippen molar-refractivity contribution in [2.24, 2.45) is 0 Å². The van der Waals surface area contributed by atoms with E-state index in [9.17, 15) is 9.18 Å². The van der Waals surface area contributed by atoms with Crippen molar-refractivity contribution in [3.05, 3.63) is 12.7 Å². The second-order valence-corrected chi connectivity index (χ2v) is 6.71. The largest absolute Gasteiger partial charge is 0.338 e. The quantitative estimate of drug-likeness (QED) is 0.742. The van der Waals surface area contributed by atoms with Crippen LogP contribution >= 0.6 is 0 Å². The molecule has 1 aliphatic carbocycles. The zero-order chi connectivity index (χ0) is 14.2. The molecule has 1 saturated carbocycles. The summed E-state index contributed by atoms with van der Waals surface area (Å²) in [5.41, 5.74) is -1.46. The number of carbonyl (C=O) groups is 1. The maximum absolute atomic E-state index is 14.4. The molecule has 0 radical (unpaired) electrons. The molecule has 0 bridgehead atoms. The van der Waals surface area contributed by atoms with Gasteiger partial charge in [-0.3, -0.25) is 9.69 Å². The average molecular weight is 280 g/mol. The summed E-state index contributed by atoms with van der Waals surface area (Å²) < 4.78 is 14.4. The molecule has 0 N–H and O–H groups in total. The van der Waals surface area contributed by atoms with Crippen molar-refractivity contribution in [1.29, 1.82) is 0 Å². The molecule has 20 heavy (non-hydrogen) atoms. The molecular formula is C16H25FN2O. The number of rotatable bonds is 3. The molecule has 3 rings (SSSR count). The van der Waals surface area contributed by atoms with Gasteiger partial charge in [-0.1, -0.05) is 6.08 Å². The van der Waals surface area contributed by atoms with E-state index in [0.717, 1.165) is 45.3 Å². The molecule has 2 aliphatic heterocycles. The van der Waals surface area contributed by atoms with Crippen molar-refractivity contribution in [1.82, 2.24) is 9.80 Å². The number of likely N-dealkylation sites (tertiary alicyclic amines) is 2. The van der Waals surface area contributed by atoms with Crippen LogP contribution in [0.5, 0.6) is 0 Å². The summed E-state index contributed by atoms with van der Waals surface area (Å²) in [6.07, 6.45) is 8.07. The highest BCUT2D eigenvalue weighted by Crippen LogP contribution is 2.41. The highest BCUT2D eigenvalue weighted by atomic mass is 19.1. The zero-order valence-corrected chi connectivity index (χ0v) is 12.2. The van der Waals surface area contributed by atoms with Gasteiger partial charge in [0.1, 0.15) is 0 Å². The fraction of sp³-hybridized carbons (Fsp3) is 0.812. The number of carbonyl (C=O) groups excluding carboxylic acids is 1. The van der Waals surface area contributed by atoms with E-state index in [-0.39, 0.29) is 11.4 Å². The minimum absolute atomic E-state index is 0.0855. The third-order valence-corrected chi connectivity index (χ3v) is 5.46. The van der Waals surface area contributed by atoms with Crippen LogP contribution in [0, 0.1) is 0 Å². The Labute approximate surface area is 120 Å². The van der Waals surface area contributed by atoms with Crippen molar-refractivity contribution in [2.75, 3.05) is 26.2 Å². The Balaban J connectivity index is 1.72. The van der Waals surface area contributed by atoms with E-state index < -0.39 is 5.67 Å². The second kappa shape index (κ2) is 5.14. The molecule has 0 aromatic carbocycles. The fourth-order valence-corrected chi connectivity index (χ4v) is 4.17. The molecule has 1 spiro atoms. The van der Waals surface area contributed by atoms with Crippen LogP contribution in [0.4, 0.5) is 4.39 Å². The molecule has 2 saturated heterocycles. The number of hydrogen-bond donors (Lipinski definition) is 0. The van der Waals surface area contributed by atoms with Crippen LogP contribution in [-0.2, 0) is 4.79 Å². The molecule has 3 aliphatic rings. The Kier molecular flexibility index (Phi) is 3.61. The Hall–Kier alpha value is -0.900. The van der Waals surface area contributed by atoms with Gasteiger partial charge in [-0.05, 0) is 51.5 Å². The Bertz CT molecular complexity index is 407. The lowest BCUT2D eigenvalue weighted by molar-refractivity contribution is -0.153. The number of alkyl halides is 1. The Morgan fingerprint density at radius 2 is 1.85 bits per heavy atom. The summed E-state index contributed by atoms with van der Waals surface area (Å²) in [7, 11) is 0. The SMILES string of the molecule is C=CCN1CCCC12CCCN(C(=O)C1(F)CCC1)C2. The van der Waals surface area contributed by atoms with Gasteiger partial charge in [-0.2, -0.15) is 0 Å². The smallest absolute Gasteiger partial charge is 0.260 e. The molecule has 1 unspecified atom stereocenters. The molecule has 3 nitrogen and oxygen atoms in total. The number of amides is 1. The summed E-state index contributed by atoms with van der Waals surface area (Å²) in [4.78, 5) is 16.7. The highest BCUT2D eigenvalue weighted by molar-refractivity contribution is 5.86. The lowest BCUT2D eigenvalue weighted by Crippen LogP contribution is -2.60. The van der Waals surface area contributed by atoms with Gasteiger partial charge in [0.15, 0.2) is 5.67 Å². The van der Waals surface area contributed by atoms with E-state index in [1.807, 2.05) is 11.0 Å². The minimum atomic E-state index is -1.54. The first kappa shape index (κ1) is 14.1. The van der Waals surface area contributed by atoms with Crippen LogP contribution in [0.15, 0.2) is 12.7 Å². The number of piperidine rings is 1. The van der Waals surface area contributed by atoms with E-state index in [0.29, 0.717) is 19.4 Å². The summed E-state index contributed by atoms with van der Waals surface area (Å²) in [6, 6.07) is 0. The predicted octanol–water partition coefficient (Wildman–Crippen LogP) is 2.52. The Morgan fingerprint density at radius 1 is 1.15 bits per heavy atom. The Morgan fingerprint density at radius 3 is 2.45 bits per heavy atom. The molecule has 3 fully saturated rings. The summed E-state index contributed by atoms with van der Waals surface area (Å²) in [5.74, 6) is -0.242. The zero-order valence-electron chi connectivity index (χ0n) is 12.2. The van der Waals surface area contributed by atoms with E-state index in [2.05, 4.69) is 11.5 Å². The standard InChI is InChI=1S/C16H25FN2O/c1-2-10-19-12-5-7-15(19)6-4-11-18(13-15)14(20)16(17)8-3-9-16/h2H,1,3-13H2. The normalized spacial score (nSPS) is 33.1. The molecule has 112 valence electrons. The first-order valence-electron chi connectivity index (χ1n) is 7.94. The maximum Gasteiger partial charge on any atom is 0.260 e. The number of halogens is 1. The topological polar surface area (TPSA) is 23.6 Å². The molecule has 2 heterocycles. The minimum Gasteiger partial charge on any atom is -0.338 e. The molecule has 4 heteroatoms. The average Bonchev–Trinajstić information content (AvgIpc) is 2.78. The van der Waals surface area contributed by atoms with Crippen LogP contribution < -0.4 is 0 Å². The number of hydrogen-bond acceptors (Lipinski definition) is 2. The van der Waals surface area contributed by atoms with Crippen LogP contribution in [0.25, 0.3) is 0 Å². The van der Waals surface area contributed by atoms with E-state index in [4.69, 9.17) is 0 Å². The number of nitrogens with zero attached hydrogens (tertiary/aromatic N) is 2. The van der Waals surface area contributed by atoms with E-state index in [1.54, 1.807) is 0 Å². The van der Waals surface area contributed by atoms with Gasteiger partial charge in [0.25, 0.3) is 5.91 Å². The van der Waals surface area contributed by atoms with Crippen LogP contribution in [-0.4, -0.2) is 53.1 Å². The first-order chi connectivity index (χ1) is 9.60. The second-order valence-electron chi connectivity index (χ2n) is 6.71. The van der Waals surface area contributed by atoms with Gasteiger partial charge >= 0.3 is 0 Å². The fourth-order valence-electron chi connectivity index (χ4n) is 4.17. The molecule has 1 atom stereocenters. The van der Waals surface area contributed by atoms with Crippen molar-refractivity contribution in [2.45, 2.75) is 56.2 Å². The van der Waals surface area contributed by atoms with Gasteiger partial charge < -0.3 is 4.90 Å². The van der Waals surface area contributed by atoms with E-state index >= 15 is 0 Å². The third-order valence-electron chi connectivity index (χ3n) is 5.46. The molecule has 0 aromatic heterocycles.